The summed E-state index contributed by atoms with van der Waals surface area (Å²) in [4.78, 5) is 0. The van der Waals surface area contributed by atoms with Crippen molar-refractivity contribution in [1.29, 1.82) is 0 Å². The van der Waals surface area contributed by atoms with Crippen molar-refractivity contribution in [2.75, 3.05) is 0 Å². The highest BCUT2D eigenvalue weighted by molar-refractivity contribution is 5.88. The van der Waals surface area contributed by atoms with E-state index in [0.29, 0.717) is 0 Å². The summed E-state index contributed by atoms with van der Waals surface area (Å²) in [6, 6.07) is 21.3. The molecule has 0 amide bonds. The van der Waals surface area contributed by atoms with Crippen LogP contribution in [0.1, 0.15) is 49.4 Å². The highest BCUT2D eigenvalue weighted by Gasteiger charge is 2.35. The van der Waals surface area contributed by atoms with Gasteiger partial charge in [-0.25, -0.2) is 0 Å². The summed E-state index contributed by atoms with van der Waals surface area (Å²) in [5, 5.41) is 17.0. The van der Waals surface area contributed by atoms with Crippen LogP contribution in [0, 0.1) is 5.92 Å². The van der Waals surface area contributed by atoms with Crippen molar-refractivity contribution >= 4 is 5.71 Å². The highest BCUT2D eigenvalue weighted by Crippen LogP contribution is 2.37. The Kier molecular flexibility index (Phi) is 5.09. The minimum absolute atomic E-state index is 0.181. The Balaban J connectivity index is 1.95. The molecule has 1 aliphatic heterocycles. The first-order valence-corrected chi connectivity index (χ1v) is 8.40. The van der Waals surface area contributed by atoms with Gasteiger partial charge in [-0.05, 0) is 17.5 Å². The Bertz CT molecular complexity index is 639. The summed E-state index contributed by atoms with van der Waals surface area (Å²) in [6.45, 7) is 2.18. The summed E-state index contributed by atoms with van der Waals surface area (Å²) < 4.78 is 0. The standard InChI is InChI=1S/C20H24N2O/c1-2-9-17-19(22-23)14-18(15-10-5-3-6-11-15)21-20(17)16-12-7-4-8-13-16/h3-8,10-13,17-18,20-21,23H,2,9,14H2,1H3. The van der Waals surface area contributed by atoms with Gasteiger partial charge in [0.05, 0.1) is 5.71 Å². The van der Waals surface area contributed by atoms with Crippen LogP contribution in [0.2, 0.25) is 0 Å². The molecule has 120 valence electrons. The molecule has 0 bridgehead atoms. The van der Waals surface area contributed by atoms with Crippen LogP contribution < -0.4 is 5.32 Å². The predicted molar refractivity (Wildman–Crippen MR) is 93.7 cm³/mol. The molecule has 0 aromatic heterocycles. The van der Waals surface area contributed by atoms with Gasteiger partial charge in [-0.3, -0.25) is 0 Å². The predicted octanol–water partition coefficient (Wildman–Crippen LogP) is 4.71. The number of piperidine rings is 1. The minimum Gasteiger partial charge on any atom is -0.411 e. The second kappa shape index (κ2) is 7.42. The van der Waals surface area contributed by atoms with Gasteiger partial charge in [-0.15, -0.1) is 0 Å². The zero-order chi connectivity index (χ0) is 16.1. The fraction of sp³-hybridized carbons (Fsp3) is 0.350. The molecule has 1 aliphatic rings. The smallest absolute Gasteiger partial charge is 0.0639 e. The van der Waals surface area contributed by atoms with Crippen LogP contribution in [0.5, 0.6) is 0 Å². The first-order chi connectivity index (χ1) is 11.3. The van der Waals surface area contributed by atoms with E-state index in [-0.39, 0.29) is 18.0 Å². The van der Waals surface area contributed by atoms with Gasteiger partial charge in [-0.2, -0.15) is 0 Å². The first-order valence-electron chi connectivity index (χ1n) is 8.40. The molecule has 0 saturated carbocycles. The largest absolute Gasteiger partial charge is 0.411 e. The third-order valence-electron chi connectivity index (χ3n) is 4.71. The summed E-state index contributed by atoms with van der Waals surface area (Å²) in [5.41, 5.74) is 3.41. The zero-order valence-electron chi connectivity index (χ0n) is 13.5. The number of nitrogens with zero attached hydrogens (tertiary/aromatic N) is 1. The van der Waals surface area contributed by atoms with Crippen molar-refractivity contribution in [2.24, 2.45) is 11.1 Å². The second-order valence-corrected chi connectivity index (χ2v) is 6.21. The van der Waals surface area contributed by atoms with E-state index in [1.54, 1.807) is 0 Å². The van der Waals surface area contributed by atoms with Gasteiger partial charge in [0, 0.05) is 24.4 Å². The molecule has 3 atom stereocenters. The van der Waals surface area contributed by atoms with E-state index in [0.717, 1.165) is 25.0 Å². The topological polar surface area (TPSA) is 44.6 Å². The van der Waals surface area contributed by atoms with E-state index in [1.165, 1.54) is 11.1 Å². The van der Waals surface area contributed by atoms with E-state index >= 15 is 0 Å². The maximum Gasteiger partial charge on any atom is 0.0639 e. The second-order valence-electron chi connectivity index (χ2n) is 6.21. The monoisotopic (exact) mass is 308 g/mol. The number of benzene rings is 2. The van der Waals surface area contributed by atoms with Gasteiger partial charge < -0.3 is 10.5 Å². The summed E-state index contributed by atoms with van der Waals surface area (Å²) in [6.07, 6.45) is 2.85. The molecule has 2 aromatic carbocycles. The van der Waals surface area contributed by atoms with E-state index in [9.17, 15) is 5.21 Å². The van der Waals surface area contributed by atoms with Crippen molar-refractivity contribution in [3.05, 3.63) is 71.8 Å². The summed E-state index contributed by atoms with van der Waals surface area (Å²) >= 11 is 0. The van der Waals surface area contributed by atoms with Gasteiger partial charge in [0.1, 0.15) is 0 Å². The third kappa shape index (κ3) is 3.45. The molecule has 3 heteroatoms. The molecule has 0 radical (unpaired) electrons. The number of rotatable bonds is 4. The maximum absolute atomic E-state index is 9.58. The number of nitrogens with one attached hydrogen (secondary N) is 1. The SMILES string of the molecule is CCCC1C(=NO)CC(c2ccccc2)NC1c1ccccc1. The van der Waals surface area contributed by atoms with Crippen molar-refractivity contribution in [2.45, 2.75) is 38.3 Å². The Morgan fingerprint density at radius 1 is 1.00 bits per heavy atom. The van der Waals surface area contributed by atoms with Crippen LogP contribution in [0.15, 0.2) is 65.8 Å². The Hall–Kier alpha value is -2.13. The molecule has 1 saturated heterocycles. The zero-order valence-corrected chi connectivity index (χ0v) is 13.5. The Labute approximate surface area is 138 Å². The highest BCUT2D eigenvalue weighted by atomic mass is 16.4. The van der Waals surface area contributed by atoms with Crippen molar-refractivity contribution in [3.8, 4) is 0 Å². The Morgan fingerprint density at radius 2 is 1.61 bits per heavy atom. The van der Waals surface area contributed by atoms with E-state index in [4.69, 9.17) is 0 Å². The van der Waals surface area contributed by atoms with Crippen molar-refractivity contribution < 1.29 is 5.21 Å². The lowest BCUT2D eigenvalue weighted by atomic mass is 9.78. The fourth-order valence-electron chi connectivity index (χ4n) is 3.59. The van der Waals surface area contributed by atoms with Crippen LogP contribution in [0.25, 0.3) is 0 Å². The van der Waals surface area contributed by atoms with Gasteiger partial charge in [0.15, 0.2) is 0 Å². The van der Waals surface area contributed by atoms with E-state index < -0.39 is 0 Å². The van der Waals surface area contributed by atoms with Crippen LogP contribution in [0.3, 0.4) is 0 Å². The lowest BCUT2D eigenvalue weighted by molar-refractivity contribution is 0.284. The molecule has 1 fully saturated rings. The molecular formula is C20H24N2O. The molecular weight excluding hydrogens is 284 g/mol. The molecule has 23 heavy (non-hydrogen) atoms. The third-order valence-corrected chi connectivity index (χ3v) is 4.71. The van der Waals surface area contributed by atoms with Crippen molar-refractivity contribution in [1.82, 2.24) is 5.32 Å². The number of hydrogen-bond acceptors (Lipinski definition) is 3. The number of oxime groups is 1. The normalized spacial score (nSPS) is 26.3. The van der Waals surface area contributed by atoms with Crippen LogP contribution in [-0.2, 0) is 0 Å². The average Bonchev–Trinajstić information content (AvgIpc) is 2.63. The van der Waals surface area contributed by atoms with Gasteiger partial charge in [0.2, 0.25) is 0 Å². The number of hydrogen-bond donors (Lipinski definition) is 2. The van der Waals surface area contributed by atoms with Crippen LogP contribution in [0.4, 0.5) is 0 Å². The molecule has 2 aromatic rings. The van der Waals surface area contributed by atoms with E-state index in [2.05, 4.69) is 65.9 Å². The van der Waals surface area contributed by atoms with Crippen LogP contribution >= 0.6 is 0 Å². The molecule has 2 N–H and O–H groups in total. The molecule has 3 nitrogen and oxygen atoms in total. The van der Waals surface area contributed by atoms with E-state index in [1.807, 2.05) is 12.1 Å². The Morgan fingerprint density at radius 3 is 2.17 bits per heavy atom. The summed E-state index contributed by atoms with van der Waals surface area (Å²) in [7, 11) is 0. The first kappa shape index (κ1) is 15.8. The maximum atomic E-state index is 9.58. The molecule has 3 rings (SSSR count). The average molecular weight is 308 g/mol. The lowest BCUT2D eigenvalue weighted by Crippen LogP contribution is -2.42. The quantitative estimate of drug-likeness (QED) is 0.634. The summed E-state index contributed by atoms with van der Waals surface area (Å²) in [5.74, 6) is 0.243. The molecule has 0 spiro atoms. The van der Waals surface area contributed by atoms with Gasteiger partial charge in [-0.1, -0.05) is 79.2 Å². The van der Waals surface area contributed by atoms with Crippen LogP contribution in [-0.4, -0.2) is 10.9 Å². The lowest BCUT2D eigenvalue weighted by Gasteiger charge is -2.38. The minimum atomic E-state index is 0.181. The van der Waals surface area contributed by atoms with Gasteiger partial charge in [0.25, 0.3) is 0 Å². The molecule has 0 aliphatic carbocycles. The van der Waals surface area contributed by atoms with Gasteiger partial charge >= 0.3 is 0 Å². The molecule has 3 unspecified atom stereocenters. The van der Waals surface area contributed by atoms with Crippen molar-refractivity contribution in [3.63, 3.8) is 0 Å². The molecule has 1 heterocycles. The fourth-order valence-corrected chi connectivity index (χ4v) is 3.59.